The van der Waals surface area contributed by atoms with Crippen LogP contribution in [0.5, 0.6) is 0 Å². The molecule has 6 heteroatoms. The Morgan fingerprint density at radius 3 is 1.03 bits per heavy atom. The summed E-state index contributed by atoms with van der Waals surface area (Å²) >= 11 is 0. The van der Waals surface area contributed by atoms with Crippen LogP contribution in [0.2, 0.25) is 0 Å². The minimum Gasteiger partial charge on any atom is -0.466 e. The molecule has 0 aromatic carbocycles. The van der Waals surface area contributed by atoms with Crippen molar-refractivity contribution in [3.05, 3.63) is 12.2 Å². The third-order valence-electron chi connectivity index (χ3n) is 14.1. The summed E-state index contributed by atoms with van der Waals surface area (Å²) in [4.78, 5) is 24.4. The van der Waals surface area contributed by atoms with E-state index in [-0.39, 0.29) is 18.5 Å². The van der Waals surface area contributed by atoms with E-state index in [1.54, 1.807) is 6.08 Å². The average Bonchev–Trinajstić information content (AvgIpc) is 3.32. The molecule has 2 unspecified atom stereocenters. The van der Waals surface area contributed by atoms with Gasteiger partial charge in [-0.3, -0.25) is 9.59 Å². The molecule has 0 fully saturated rings. The second-order valence-electron chi connectivity index (χ2n) is 20.7. The molecular formula is C60H117NO5. The molecule has 392 valence electrons. The van der Waals surface area contributed by atoms with E-state index in [2.05, 4.69) is 19.2 Å². The first-order chi connectivity index (χ1) is 32.5. The van der Waals surface area contributed by atoms with Gasteiger partial charge in [0.25, 0.3) is 0 Å². The summed E-state index contributed by atoms with van der Waals surface area (Å²) in [6.45, 7) is 4.90. The van der Waals surface area contributed by atoms with E-state index in [1.807, 2.05) is 6.08 Å². The number of amides is 1. The lowest BCUT2D eigenvalue weighted by Gasteiger charge is -2.20. The standard InChI is InChI=1S/C60H117NO5/c1-3-5-7-9-11-13-14-15-31-34-38-42-46-50-54-60(65)66-55-51-47-43-39-35-32-29-27-25-23-21-19-17-16-18-20-22-24-26-28-30-33-37-41-45-49-53-59(64)61-57(56-62)58(63)52-48-44-40-36-12-10-8-6-4-2/h48,52,57-58,62-63H,3-47,49-51,53-56H2,1-2H3,(H,61,64)/b52-48+. The number of aliphatic hydroxyl groups is 2. The van der Waals surface area contributed by atoms with Gasteiger partial charge in [0.1, 0.15) is 0 Å². The van der Waals surface area contributed by atoms with Crippen LogP contribution < -0.4 is 5.32 Å². The molecule has 0 radical (unpaired) electrons. The number of rotatable bonds is 56. The largest absolute Gasteiger partial charge is 0.466 e. The number of ether oxygens (including phenoxy) is 1. The monoisotopic (exact) mass is 932 g/mol. The number of esters is 1. The normalized spacial score (nSPS) is 12.6. The first-order valence-corrected chi connectivity index (χ1v) is 30.0. The molecule has 6 nitrogen and oxygen atoms in total. The van der Waals surface area contributed by atoms with Crippen molar-refractivity contribution in [2.75, 3.05) is 13.2 Å². The maximum Gasteiger partial charge on any atom is 0.305 e. The predicted molar refractivity (Wildman–Crippen MR) is 287 cm³/mol. The Balaban J connectivity index is 3.32. The second kappa shape index (κ2) is 56.2. The van der Waals surface area contributed by atoms with Crippen molar-refractivity contribution in [3.63, 3.8) is 0 Å². The van der Waals surface area contributed by atoms with Crippen LogP contribution in [-0.2, 0) is 14.3 Å². The summed E-state index contributed by atoms with van der Waals surface area (Å²) < 4.78 is 5.49. The molecule has 0 rings (SSSR count). The molecule has 0 saturated carbocycles. The fraction of sp³-hybridized carbons (Fsp3) is 0.933. The van der Waals surface area contributed by atoms with Gasteiger partial charge in [0.2, 0.25) is 5.91 Å². The lowest BCUT2D eigenvalue weighted by molar-refractivity contribution is -0.143. The Bertz CT molecular complexity index is 986. The SMILES string of the molecule is CCCCCCCCC/C=C/C(O)C(CO)NC(=O)CCCCCCCCCCCCCCCCCCCCCCCCCCCCOC(=O)CCCCCCCCCCCCCCCC. The minimum absolute atomic E-state index is 0.0194. The van der Waals surface area contributed by atoms with Crippen LogP contribution in [0.3, 0.4) is 0 Å². The number of carbonyl (C=O) groups excluding carboxylic acids is 2. The van der Waals surface area contributed by atoms with E-state index < -0.39 is 12.1 Å². The zero-order chi connectivity index (χ0) is 47.9. The number of carbonyl (C=O) groups is 2. The molecule has 1 amide bonds. The van der Waals surface area contributed by atoms with Crippen LogP contribution in [-0.4, -0.2) is 47.4 Å². The topological polar surface area (TPSA) is 95.9 Å². The van der Waals surface area contributed by atoms with Gasteiger partial charge >= 0.3 is 5.97 Å². The summed E-state index contributed by atoms with van der Waals surface area (Å²) in [5.74, 6) is -0.0478. The van der Waals surface area contributed by atoms with E-state index in [0.717, 1.165) is 38.5 Å². The number of allylic oxidation sites excluding steroid dienone is 1. The molecule has 0 aliphatic rings. The van der Waals surface area contributed by atoms with Crippen LogP contribution in [0.1, 0.15) is 335 Å². The summed E-state index contributed by atoms with van der Waals surface area (Å²) in [5.41, 5.74) is 0. The molecule has 0 heterocycles. The number of aliphatic hydroxyl groups excluding tert-OH is 2. The summed E-state index contributed by atoms with van der Waals surface area (Å²) in [7, 11) is 0. The van der Waals surface area contributed by atoms with E-state index in [4.69, 9.17) is 4.74 Å². The van der Waals surface area contributed by atoms with E-state index in [1.165, 1.54) is 270 Å². The van der Waals surface area contributed by atoms with Gasteiger partial charge in [-0.15, -0.1) is 0 Å². The van der Waals surface area contributed by atoms with E-state index in [9.17, 15) is 19.8 Å². The highest BCUT2D eigenvalue weighted by Crippen LogP contribution is 2.18. The molecular weight excluding hydrogens is 815 g/mol. The molecule has 0 aliphatic heterocycles. The third kappa shape index (κ3) is 52.0. The average molecular weight is 933 g/mol. The van der Waals surface area contributed by atoms with Crippen LogP contribution in [0, 0.1) is 0 Å². The molecule has 0 aromatic heterocycles. The Kier molecular flexibility index (Phi) is 55.0. The fourth-order valence-electron chi connectivity index (χ4n) is 9.46. The second-order valence-corrected chi connectivity index (χ2v) is 20.7. The highest BCUT2D eigenvalue weighted by atomic mass is 16.5. The Morgan fingerprint density at radius 2 is 0.697 bits per heavy atom. The van der Waals surface area contributed by atoms with Gasteiger partial charge in [0.05, 0.1) is 25.4 Å². The van der Waals surface area contributed by atoms with Crippen molar-refractivity contribution in [1.82, 2.24) is 5.32 Å². The van der Waals surface area contributed by atoms with Crippen molar-refractivity contribution in [3.8, 4) is 0 Å². The number of hydrogen-bond acceptors (Lipinski definition) is 5. The van der Waals surface area contributed by atoms with Crippen LogP contribution in [0.4, 0.5) is 0 Å². The van der Waals surface area contributed by atoms with Crippen molar-refractivity contribution in [2.24, 2.45) is 0 Å². The third-order valence-corrected chi connectivity index (χ3v) is 14.1. The Hall–Kier alpha value is -1.40. The van der Waals surface area contributed by atoms with Crippen molar-refractivity contribution >= 4 is 11.9 Å². The Labute approximate surface area is 412 Å². The number of nitrogens with one attached hydrogen (secondary N) is 1. The zero-order valence-electron chi connectivity index (χ0n) is 44.7. The molecule has 0 aromatic rings. The van der Waals surface area contributed by atoms with Gasteiger partial charge in [-0.1, -0.05) is 302 Å². The number of hydrogen-bond donors (Lipinski definition) is 3. The van der Waals surface area contributed by atoms with Gasteiger partial charge < -0.3 is 20.3 Å². The van der Waals surface area contributed by atoms with E-state index >= 15 is 0 Å². The fourth-order valence-corrected chi connectivity index (χ4v) is 9.46. The summed E-state index contributed by atoms with van der Waals surface area (Å²) in [6, 6.07) is -0.623. The molecule has 0 bridgehead atoms. The number of unbranched alkanes of at least 4 members (excludes halogenated alkanes) is 45. The van der Waals surface area contributed by atoms with Gasteiger partial charge in [-0.25, -0.2) is 0 Å². The molecule has 3 N–H and O–H groups in total. The summed E-state index contributed by atoms with van der Waals surface area (Å²) in [5, 5.41) is 22.9. The van der Waals surface area contributed by atoms with E-state index in [0.29, 0.717) is 19.4 Å². The quantitative estimate of drug-likeness (QED) is 0.0321. The molecule has 0 aliphatic carbocycles. The highest BCUT2D eigenvalue weighted by molar-refractivity contribution is 5.76. The van der Waals surface area contributed by atoms with Gasteiger partial charge in [-0.05, 0) is 32.1 Å². The predicted octanol–water partition coefficient (Wildman–Crippen LogP) is 18.5. The van der Waals surface area contributed by atoms with Crippen molar-refractivity contribution in [2.45, 2.75) is 347 Å². The first kappa shape index (κ1) is 64.6. The van der Waals surface area contributed by atoms with Gasteiger partial charge in [0.15, 0.2) is 0 Å². The van der Waals surface area contributed by atoms with Gasteiger partial charge in [0, 0.05) is 12.8 Å². The molecule has 66 heavy (non-hydrogen) atoms. The van der Waals surface area contributed by atoms with Crippen LogP contribution in [0.15, 0.2) is 12.2 Å². The smallest absolute Gasteiger partial charge is 0.305 e. The zero-order valence-corrected chi connectivity index (χ0v) is 44.7. The van der Waals surface area contributed by atoms with Crippen LogP contribution >= 0.6 is 0 Å². The highest BCUT2D eigenvalue weighted by Gasteiger charge is 2.18. The lowest BCUT2D eigenvalue weighted by atomic mass is 10.0. The maximum absolute atomic E-state index is 12.4. The minimum atomic E-state index is -0.839. The molecule has 0 saturated heterocycles. The van der Waals surface area contributed by atoms with Gasteiger partial charge in [-0.2, -0.15) is 0 Å². The molecule has 0 spiro atoms. The molecule has 2 atom stereocenters. The summed E-state index contributed by atoms with van der Waals surface area (Å²) in [6.07, 6.45) is 66.9. The van der Waals surface area contributed by atoms with Crippen molar-refractivity contribution in [1.29, 1.82) is 0 Å². The Morgan fingerprint density at radius 1 is 0.409 bits per heavy atom. The van der Waals surface area contributed by atoms with Crippen molar-refractivity contribution < 1.29 is 24.5 Å². The van der Waals surface area contributed by atoms with Crippen LogP contribution in [0.25, 0.3) is 0 Å². The maximum atomic E-state index is 12.4. The lowest BCUT2D eigenvalue weighted by Crippen LogP contribution is -2.45. The first-order valence-electron chi connectivity index (χ1n) is 30.0.